The highest BCUT2D eigenvalue weighted by Crippen LogP contribution is 2.33. The van der Waals surface area contributed by atoms with E-state index in [-0.39, 0.29) is 5.56 Å². The van der Waals surface area contributed by atoms with Gasteiger partial charge in [-0.3, -0.25) is 0 Å². The first-order valence-electron chi connectivity index (χ1n) is 4.73. The van der Waals surface area contributed by atoms with Crippen molar-refractivity contribution in [1.29, 1.82) is 0 Å². The summed E-state index contributed by atoms with van der Waals surface area (Å²) in [5.41, 5.74) is 2.36. The predicted octanol–water partition coefficient (Wildman–Crippen LogP) is 2.57. The summed E-state index contributed by atoms with van der Waals surface area (Å²) in [6, 6.07) is 3.19. The molecule has 0 fully saturated rings. The molecule has 1 aliphatic rings. The minimum atomic E-state index is -0.632. The van der Waals surface area contributed by atoms with Crippen LogP contribution in [0.4, 0.5) is 4.39 Å². The van der Waals surface area contributed by atoms with Gasteiger partial charge in [0.25, 0.3) is 0 Å². The van der Waals surface area contributed by atoms with Gasteiger partial charge in [0.05, 0.1) is 12.7 Å². The molecule has 1 aromatic rings. The SMILES string of the molecule is C=C1CCc2c1ccc(C(=O)OC)c2F. The third kappa shape index (κ3) is 1.44. The fourth-order valence-corrected chi connectivity index (χ4v) is 1.88. The highest BCUT2D eigenvalue weighted by Gasteiger charge is 2.23. The fourth-order valence-electron chi connectivity index (χ4n) is 1.88. The first-order valence-corrected chi connectivity index (χ1v) is 4.73. The summed E-state index contributed by atoms with van der Waals surface area (Å²) in [5, 5.41) is 0. The van der Waals surface area contributed by atoms with Gasteiger partial charge in [-0.1, -0.05) is 12.6 Å². The van der Waals surface area contributed by atoms with Gasteiger partial charge in [0.2, 0.25) is 0 Å². The average Bonchev–Trinajstić information content (AvgIpc) is 2.61. The second kappa shape index (κ2) is 3.50. The molecule has 0 unspecified atom stereocenters. The van der Waals surface area contributed by atoms with Crippen molar-refractivity contribution in [2.75, 3.05) is 7.11 Å². The van der Waals surface area contributed by atoms with Crippen LogP contribution in [0, 0.1) is 5.82 Å². The monoisotopic (exact) mass is 206 g/mol. The van der Waals surface area contributed by atoms with E-state index < -0.39 is 11.8 Å². The maximum Gasteiger partial charge on any atom is 0.340 e. The molecule has 78 valence electrons. The number of ether oxygens (including phenoxy) is 1. The molecule has 1 aromatic carbocycles. The maximum atomic E-state index is 13.8. The smallest absolute Gasteiger partial charge is 0.340 e. The molecular weight excluding hydrogens is 195 g/mol. The Bertz CT molecular complexity index is 449. The number of carbonyl (C=O) groups is 1. The zero-order chi connectivity index (χ0) is 11.0. The van der Waals surface area contributed by atoms with Crippen LogP contribution in [-0.4, -0.2) is 13.1 Å². The molecule has 2 rings (SSSR count). The lowest BCUT2D eigenvalue weighted by atomic mass is 10.0. The summed E-state index contributed by atoms with van der Waals surface area (Å²) in [5.74, 6) is -1.09. The van der Waals surface area contributed by atoms with Crippen LogP contribution in [0.15, 0.2) is 18.7 Å². The van der Waals surface area contributed by atoms with E-state index in [1.54, 1.807) is 6.07 Å². The van der Waals surface area contributed by atoms with E-state index in [1.807, 2.05) is 0 Å². The van der Waals surface area contributed by atoms with Crippen LogP contribution >= 0.6 is 0 Å². The number of esters is 1. The van der Waals surface area contributed by atoms with Crippen LogP contribution in [0.25, 0.3) is 5.57 Å². The normalized spacial score (nSPS) is 13.9. The lowest BCUT2D eigenvalue weighted by Crippen LogP contribution is -2.06. The lowest BCUT2D eigenvalue weighted by molar-refractivity contribution is 0.0595. The predicted molar refractivity (Wildman–Crippen MR) is 55.1 cm³/mol. The van der Waals surface area contributed by atoms with Crippen LogP contribution in [0.5, 0.6) is 0 Å². The van der Waals surface area contributed by atoms with E-state index in [0.717, 1.165) is 17.6 Å². The van der Waals surface area contributed by atoms with Gasteiger partial charge in [-0.05, 0) is 35.6 Å². The molecule has 0 radical (unpaired) electrons. The Hall–Kier alpha value is -1.64. The van der Waals surface area contributed by atoms with Gasteiger partial charge in [-0.2, -0.15) is 0 Å². The number of hydrogen-bond donors (Lipinski definition) is 0. The van der Waals surface area contributed by atoms with E-state index in [9.17, 15) is 9.18 Å². The summed E-state index contributed by atoms with van der Waals surface area (Å²) < 4.78 is 18.3. The Labute approximate surface area is 87.4 Å². The number of carbonyl (C=O) groups excluding carboxylic acids is 1. The van der Waals surface area contributed by atoms with Crippen molar-refractivity contribution < 1.29 is 13.9 Å². The Morgan fingerprint density at radius 3 is 2.87 bits per heavy atom. The fraction of sp³-hybridized carbons (Fsp3) is 0.250. The van der Waals surface area contributed by atoms with Crippen LogP contribution in [0.3, 0.4) is 0 Å². The van der Waals surface area contributed by atoms with E-state index in [1.165, 1.54) is 13.2 Å². The molecule has 0 aliphatic heterocycles. The molecule has 0 amide bonds. The van der Waals surface area contributed by atoms with Crippen molar-refractivity contribution in [3.8, 4) is 0 Å². The number of rotatable bonds is 1. The highest BCUT2D eigenvalue weighted by atomic mass is 19.1. The molecule has 0 heterocycles. The molecule has 15 heavy (non-hydrogen) atoms. The second-order valence-electron chi connectivity index (χ2n) is 3.55. The van der Waals surface area contributed by atoms with E-state index in [4.69, 9.17) is 0 Å². The Kier molecular flexibility index (Phi) is 2.31. The van der Waals surface area contributed by atoms with Gasteiger partial charge in [0.1, 0.15) is 5.82 Å². The standard InChI is InChI=1S/C12H11FO2/c1-7-3-4-9-8(7)5-6-10(11(9)13)12(14)15-2/h5-6H,1,3-4H2,2H3. The topological polar surface area (TPSA) is 26.3 Å². The largest absolute Gasteiger partial charge is 0.465 e. The van der Waals surface area contributed by atoms with Gasteiger partial charge < -0.3 is 4.74 Å². The molecule has 0 saturated heterocycles. The van der Waals surface area contributed by atoms with Crippen molar-refractivity contribution in [2.24, 2.45) is 0 Å². The maximum absolute atomic E-state index is 13.8. The molecule has 1 aliphatic carbocycles. The number of fused-ring (bicyclic) bond motifs is 1. The molecule has 0 spiro atoms. The van der Waals surface area contributed by atoms with Crippen LogP contribution in [-0.2, 0) is 11.2 Å². The molecule has 0 aromatic heterocycles. The molecule has 0 atom stereocenters. The van der Waals surface area contributed by atoms with Gasteiger partial charge >= 0.3 is 5.97 Å². The molecule has 0 saturated carbocycles. The highest BCUT2D eigenvalue weighted by molar-refractivity contribution is 5.91. The first kappa shape index (κ1) is 9.90. The average molecular weight is 206 g/mol. The number of benzene rings is 1. The van der Waals surface area contributed by atoms with Crippen molar-refractivity contribution >= 4 is 11.5 Å². The van der Waals surface area contributed by atoms with Crippen LogP contribution in [0.1, 0.15) is 27.9 Å². The Morgan fingerprint density at radius 2 is 2.20 bits per heavy atom. The molecule has 0 N–H and O–H groups in total. The van der Waals surface area contributed by atoms with Crippen molar-refractivity contribution in [2.45, 2.75) is 12.8 Å². The van der Waals surface area contributed by atoms with Gasteiger partial charge in [-0.25, -0.2) is 9.18 Å². The van der Waals surface area contributed by atoms with Crippen molar-refractivity contribution in [3.05, 3.63) is 41.2 Å². The van der Waals surface area contributed by atoms with E-state index >= 15 is 0 Å². The number of hydrogen-bond acceptors (Lipinski definition) is 2. The van der Waals surface area contributed by atoms with Gasteiger partial charge in [0.15, 0.2) is 0 Å². The number of halogens is 1. The van der Waals surface area contributed by atoms with E-state index in [0.29, 0.717) is 12.0 Å². The van der Waals surface area contributed by atoms with E-state index in [2.05, 4.69) is 11.3 Å². The number of methoxy groups -OCH3 is 1. The zero-order valence-electron chi connectivity index (χ0n) is 8.47. The first-order chi connectivity index (χ1) is 7.15. The molecule has 3 heteroatoms. The summed E-state index contributed by atoms with van der Waals surface area (Å²) in [7, 11) is 1.24. The third-order valence-electron chi connectivity index (χ3n) is 2.71. The Balaban J connectivity index is 2.55. The number of allylic oxidation sites excluding steroid dienone is 1. The van der Waals surface area contributed by atoms with Crippen molar-refractivity contribution in [1.82, 2.24) is 0 Å². The third-order valence-corrected chi connectivity index (χ3v) is 2.71. The summed E-state index contributed by atoms with van der Waals surface area (Å²) in [4.78, 5) is 11.2. The molecule has 0 bridgehead atoms. The van der Waals surface area contributed by atoms with Gasteiger partial charge in [0, 0.05) is 0 Å². The van der Waals surface area contributed by atoms with Crippen molar-refractivity contribution in [3.63, 3.8) is 0 Å². The minimum Gasteiger partial charge on any atom is -0.465 e. The summed E-state index contributed by atoms with van der Waals surface area (Å²) >= 11 is 0. The zero-order valence-corrected chi connectivity index (χ0v) is 8.47. The second-order valence-corrected chi connectivity index (χ2v) is 3.55. The lowest BCUT2D eigenvalue weighted by Gasteiger charge is -2.06. The van der Waals surface area contributed by atoms with Crippen LogP contribution in [0.2, 0.25) is 0 Å². The minimum absolute atomic E-state index is 0.00551. The van der Waals surface area contributed by atoms with Gasteiger partial charge in [-0.15, -0.1) is 0 Å². The van der Waals surface area contributed by atoms with Crippen LogP contribution < -0.4 is 0 Å². The molecule has 2 nitrogen and oxygen atoms in total. The summed E-state index contributed by atoms with van der Waals surface area (Å²) in [6.45, 7) is 3.85. The Morgan fingerprint density at radius 1 is 1.47 bits per heavy atom. The molecular formula is C12H11FO2. The summed E-state index contributed by atoms with van der Waals surface area (Å²) in [6.07, 6.45) is 1.38. The quantitative estimate of drug-likeness (QED) is 0.660.